The van der Waals surface area contributed by atoms with Crippen molar-refractivity contribution < 1.29 is 27.5 Å². The number of amides is 3. The van der Waals surface area contributed by atoms with Gasteiger partial charge >= 0.3 is 18.1 Å². The Morgan fingerprint density at radius 2 is 1.94 bits per heavy atom. The third kappa shape index (κ3) is 4.10. The van der Waals surface area contributed by atoms with Crippen molar-refractivity contribution in [2.45, 2.75) is 43.3 Å². The number of ether oxygens (including phenoxy) is 1. The van der Waals surface area contributed by atoms with Gasteiger partial charge in [-0.2, -0.15) is 22.6 Å². The molecule has 1 aromatic heterocycles. The first-order chi connectivity index (χ1) is 15.7. The van der Waals surface area contributed by atoms with Crippen molar-refractivity contribution in [1.29, 1.82) is 0 Å². The number of halogens is 3. The molecule has 2 heterocycles. The lowest BCUT2D eigenvalue weighted by molar-refractivity contribution is -0.173. The molecule has 0 saturated heterocycles. The monoisotopic (exact) mass is 482 g/mol. The number of carbonyl (C=O) groups is 2. The first-order valence-corrected chi connectivity index (χ1v) is 11.7. The van der Waals surface area contributed by atoms with Gasteiger partial charge in [-0.3, -0.25) is 9.93 Å². The van der Waals surface area contributed by atoms with Crippen molar-refractivity contribution in [3.8, 4) is 5.88 Å². The topological polar surface area (TPSA) is 124 Å². The van der Waals surface area contributed by atoms with Crippen molar-refractivity contribution >= 4 is 28.5 Å². The molecule has 3 amide bonds. The summed E-state index contributed by atoms with van der Waals surface area (Å²) in [5.74, 6) is -2.07. The molecule has 33 heavy (non-hydrogen) atoms. The van der Waals surface area contributed by atoms with E-state index in [-0.39, 0.29) is 19.7 Å². The van der Waals surface area contributed by atoms with Crippen LogP contribution < -0.4 is 20.5 Å². The Morgan fingerprint density at radius 3 is 2.55 bits per heavy atom. The molecule has 4 N–H and O–H groups in total. The Morgan fingerprint density at radius 1 is 1.24 bits per heavy atom. The fourth-order valence-electron chi connectivity index (χ4n) is 4.22. The third-order valence-electron chi connectivity index (χ3n) is 6.11. The highest BCUT2D eigenvalue weighted by Crippen LogP contribution is 2.40. The molecular weight excluding hydrogens is 461 g/mol. The van der Waals surface area contributed by atoms with Crippen LogP contribution in [0.15, 0.2) is 21.5 Å². The number of aryl methyl sites for hydroxylation is 2. The quantitative estimate of drug-likeness (QED) is 0.615. The minimum absolute atomic E-state index is 0.0719. The van der Waals surface area contributed by atoms with E-state index >= 15 is 0 Å². The molecule has 176 valence electrons. The van der Waals surface area contributed by atoms with E-state index in [0.717, 1.165) is 31.4 Å². The van der Waals surface area contributed by atoms with Gasteiger partial charge in [0.1, 0.15) is 4.90 Å². The van der Waals surface area contributed by atoms with Crippen molar-refractivity contribution in [2.24, 2.45) is 15.4 Å². The lowest BCUT2D eigenvalue weighted by atomic mass is 9.76. The Kier molecular flexibility index (Phi) is 5.40. The first kappa shape index (κ1) is 21.9. The number of benzene rings is 1. The molecule has 9 nitrogen and oxygen atoms in total. The van der Waals surface area contributed by atoms with Crippen LogP contribution in [0, 0.1) is 5.92 Å². The second-order valence-electron chi connectivity index (χ2n) is 8.24. The Hall–Kier alpha value is -2.93. The molecular formula is C20H21F3N6O3S. The zero-order valence-corrected chi connectivity index (χ0v) is 18.2. The fourth-order valence-corrected chi connectivity index (χ4v) is 5.04. The molecule has 3 aliphatic rings. The molecule has 0 saturated carbocycles. The average molecular weight is 482 g/mol. The van der Waals surface area contributed by atoms with E-state index in [0.29, 0.717) is 10.8 Å². The summed E-state index contributed by atoms with van der Waals surface area (Å²) in [4.78, 5) is 24.0. The van der Waals surface area contributed by atoms with E-state index < -0.39 is 34.9 Å². The summed E-state index contributed by atoms with van der Waals surface area (Å²) in [6.45, 7) is 0.0987. The maximum absolute atomic E-state index is 12.6. The molecule has 2 atom stereocenters. The van der Waals surface area contributed by atoms with Gasteiger partial charge in [-0.25, -0.2) is 9.48 Å². The predicted molar refractivity (Wildman–Crippen MR) is 113 cm³/mol. The molecule has 5 rings (SSSR count). The summed E-state index contributed by atoms with van der Waals surface area (Å²) < 4.78 is 48.2. The number of aromatic nitrogens is 2. The molecule has 0 fully saturated rings. The van der Waals surface area contributed by atoms with E-state index in [9.17, 15) is 22.8 Å². The average Bonchev–Trinajstić information content (AvgIpc) is 3.12. The number of rotatable bonds is 4. The van der Waals surface area contributed by atoms with E-state index in [1.165, 1.54) is 33.1 Å². The molecule has 0 bridgehead atoms. The number of alkyl halides is 3. The van der Waals surface area contributed by atoms with Gasteiger partial charge in [-0.1, -0.05) is 6.07 Å². The lowest BCUT2D eigenvalue weighted by Gasteiger charge is -2.31. The van der Waals surface area contributed by atoms with Gasteiger partial charge in [0.15, 0.2) is 0 Å². The van der Waals surface area contributed by atoms with Crippen LogP contribution in [0.1, 0.15) is 22.3 Å². The second kappa shape index (κ2) is 8.13. The van der Waals surface area contributed by atoms with Crippen LogP contribution in [-0.2, 0) is 47.9 Å². The molecule has 1 aliphatic heterocycles. The van der Waals surface area contributed by atoms with Crippen LogP contribution in [0.4, 0.5) is 23.7 Å². The maximum atomic E-state index is 12.6. The van der Waals surface area contributed by atoms with E-state index in [2.05, 4.69) is 20.8 Å². The number of carbonyl (C=O) groups excluding carboxylic acids is 2. The van der Waals surface area contributed by atoms with Crippen LogP contribution >= 0.6 is 0 Å². The van der Waals surface area contributed by atoms with Gasteiger partial charge in [0.05, 0.1) is 19.3 Å². The van der Waals surface area contributed by atoms with Crippen molar-refractivity contribution in [2.75, 3.05) is 18.5 Å². The Labute approximate surface area is 189 Å². The van der Waals surface area contributed by atoms with E-state index in [1.807, 2.05) is 5.32 Å². The normalized spacial score (nSPS) is 19.2. The zero-order valence-electron chi connectivity index (χ0n) is 17.4. The van der Waals surface area contributed by atoms with Crippen LogP contribution in [0.25, 0.3) is 0 Å². The van der Waals surface area contributed by atoms with Gasteiger partial charge in [-0.05, 0) is 47.9 Å². The molecule has 1 aromatic carbocycles. The standard InChI is InChI=1S/C20H21F3N6O3S/c21-20(22,23)18(30)25-6-10-8-29-17(32-9-10)15(7-26-29)33(24)28-19(31)27-16-13-3-1-11(13)5-12-2-4-14(12)16/h5,7,10H,1-4,6,8-9H2,(H,25,30)(H3,24,27,28,31). The number of anilines is 1. The molecule has 0 spiro atoms. The highest BCUT2D eigenvalue weighted by molar-refractivity contribution is 7.85. The van der Waals surface area contributed by atoms with E-state index in [4.69, 9.17) is 9.88 Å². The highest BCUT2D eigenvalue weighted by Gasteiger charge is 2.39. The minimum atomic E-state index is -4.93. The van der Waals surface area contributed by atoms with Crippen LogP contribution in [-0.4, -0.2) is 41.0 Å². The summed E-state index contributed by atoms with van der Waals surface area (Å²) >= 11 is 0. The minimum Gasteiger partial charge on any atom is -0.477 e. The Balaban J connectivity index is 1.25. The largest absolute Gasteiger partial charge is 0.477 e. The van der Waals surface area contributed by atoms with Crippen LogP contribution in [0.5, 0.6) is 5.88 Å². The number of nitrogens with one attached hydrogen (secondary N) is 2. The summed E-state index contributed by atoms with van der Waals surface area (Å²) in [5.41, 5.74) is 5.75. The van der Waals surface area contributed by atoms with Gasteiger partial charge < -0.3 is 15.4 Å². The van der Waals surface area contributed by atoms with Gasteiger partial charge in [0.25, 0.3) is 0 Å². The number of fused-ring (bicyclic) bond motifs is 3. The van der Waals surface area contributed by atoms with Crippen molar-refractivity contribution in [3.05, 3.63) is 34.5 Å². The summed E-state index contributed by atoms with van der Waals surface area (Å²) in [6, 6.07) is 1.68. The van der Waals surface area contributed by atoms with Gasteiger partial charge in [0.2, 0.25) is 5.88 Å². The van der Waals surface area contributed by atoms with Crippen molar-refractivity contribution in [1.82, 2.24) is 15.1 Å². The SMILES string of the molecule is NS(=NC(=O)Nc1c2c(cc3c1CC3)CC2)c1cnn2c1OCC(CNC(=O)C(F)(F)F)C2. The first-order valence-electron chi connectivity index (χ1n) is 10.4. The Bertz CT molecular complexity index is 1160. The molecule has 2 aliphatic carbocycles. The predicted octanol–water partition coefficient (Wildman–Crippen LogP) is 2.03. The number of nitrogens with zero attached hydrogens (tertiary/aromatic N) is 3. The highest BCUT2D eigenvalue weighted by atomic mass is 32.2. The number of hydrogen-bond donors (Lipinski definition) is 3. The molecule has 2 aromatic rings. The smallest absolute Gasteiger partial charge is 0.471 e. The summed E-state index contributed by atoms with van der Waals surface area (Å²) in [5, 5.41) is 15.1. The lowest BCUT2D eigenvalue weighted by Crippen LogP contribution is -2.42. The summed E-state index contributed by atoms with van der Waals surface area (Å²) in [6.07, 6.45) is 0.407. The second-order valence-corrected chi connectivity index (χ2v) is 9.50. The molecule has 13 heteroatoms. The van der Waals surface area contributed by atoms with E-state index in [1.54, 1.807) is 0 Å². The van der Waals surface area contributed by atoms with Gasteiger partial charge in [0, 0.05) is 29.0 Å². The zero-order chi connectivity index (χ0) is 23.3. The third-order valence-corrected chi connectivity index (χ3v) is 7.20. The molecule has 2 unspecified atom stereocenters. The number of urea groups is 1. The number of nitrogens with two attached hydrogens (primary N) is 1. The van der Waals surface area contributed by atoms with Crippen molar-refractivity contribution in [3.63, 3.8) is 0 Å². The van der Waals surface area contributed by atoms with Crippen LogP contribution in [0.3, 0.4) is 0 Å². The molecule has 0 radical (unpaired) electrons. The van der Waals surface area contributed by atoms with Gasteiger partial charge in [-0.15, -0.1) is 0 Å². The fraction of sp³-hybridized carbons (Fsp3) is 0.450. The maximum Gasteiger partial charge on any atom is 0.471 e. The van der Waals surface area contributed by atoms with Crippen LogP contribution in [0.2, 0.25) is 0 Å². The summed E-state index contributed by atoms with van der Waals surface area (Å²) in [7, 11) is -1.33. The number of hydrogen-bond acceptors (Lipinski definition) is 4.